The molecule has 200 valence electrons. The number of aromatic nitrogens is 3. The highest BCUT2D eigenvalue weighted by molar-refractivity contribution is 5.98. The van der Waals surface area contributed by atoms with Gasteiger partial charge in [-0.3, -0.25) is 4.79 Å². The van der Waals surface area contributed by atoms with Gasteiger partial charge in [0.15, 0.2) is 11.7 Å². The molecular weight excluding hydrogens is 532 g/mol. The Labute approximate surface area is 207 Å². The molecule has 0 saturated carbocycles. The molecule has 0 spiro atoms. The number of benzene rings is 1. The number of amides is 1. The highest BCUT2D eigenvalue weighted by Crippen LogP contribution is 2.31. The molecule has 0 aliphatic rings. The van der Waals surface area contributed by atoms with Crippen LogP contribution in [0, 0.1) is 11.6 Å². The quantitative estimate of drug-likeness (QED) is 0.304. The van der Waals surface area contributed by atoms with E-state index in [2.05, 4.69) is 9.97 Å². The molecule has 3 heterocycles. The average molecular weight is 547 g/mol. The van der Waals surface area contributed by atoms with Gasteiger partial charge in [0, 0.05) is 18.2 Å². The Bertz CT molecular complexity index is 1450. The third-order valence-corrected chi connectivity index (χ3v) is 4.89. The van der Waals surface area contributed by atoms with Crippen molar-refractivity contribution in [2.24, 2.45) is 0 Å². The van der Waals surface area contributed by atoms with E-state index in [1.807, 2.05) is 5.32 Å². The number of nitrogens with one attached hydrogen (secondary N) is 3. The molecule has 3 N–H and O–H groups in total. The maximum Gasteiger partial charge on any atom is 0.430 e. The molecule has 1 unspecified atom stereocenters. The minimum absolute atomic E-state index is 0.0505. The Morgan fingerprint density at radius 1 is 0.974 bits per heavy atom. The minimum Gasteiger partial charge on any atom is -0.542 e. The number of aromatic amines is 2. The van der Waals surface area contributed by atoms with Gasteiger partial charge < -0.3 is 15.2 Å². The van der Waals surface area contributed by atoms with E-state index in [0.717, 1.165) is 6.07 Å². The molecular formula is C23H15F8N4O3+. The van der Waals surface area contributed by atoms with Gasteiger partial charge in [-0.15, -0.1) is 0 Å². The molecule has 0 aliphatic heterocycles. The first-order valence-corrected chi connectivity index (χ1v) is 10.3. The second kappa shape index (κ2) is 10.8. The van der Waals surface area contributed by atoms with E-state index in [0.29, 0.717) is 6.07 Å². The van der Waals surface area contributed by atoms with Crippen molar-refractivity contribution in [3.8, 4) is 11.4 Å². The first kappa shape index (κ1) is 28.0. The monoisotopic (exact) mass is 547 g/mol. The number of fused-ring (bicyclic) bond motifs is 1. The van der Waals surface area contributed by atoms with Crippen LogP contribution >= 0.6 is 0 Å². The fraction of sp³-hybridized carbons (Fsp3) is 0.130. The predicted molar refractivity (Wildman–Crippen MR) is 110 cm³/mol. The van der Waals surface area contributed by atoms with Gasteiger partial charge in [0.2, 0.25) is 17.4 Å². The van der Waals surface area contributed by atoms with Crippen molar-refractivity contribution in [1.82, 2.24) is 10.3 Å². The molecule has 4 aromatic rings. The van der Waals surface area contributed by atoms with Crippen molar-refractivity contribution in [2.45, 2.75) is 18.4 Å². The van der Waals surface area contributed by atoms with Crippen LogP contribution in [0.2, 0.25) is 0 Å². The molecule has 15 heteroatoms. The van der Waals surface area contributed by atoms with Crippen LogP contribution in [0.3, 0.4) is 0 Å². The van der Waals surface area contributed by atoms with Gasteiger partial charge in [-0.05, 0) is 24.3 Å². The largest absolute Gasteiger partial charge is 0.542 e. The fourth-order valence-electron chi connectivity index (χ4n) is 3.26. The summed E-state index contributed by atoms with van der Waals surface area (Å²) in [7, 11) is 0. The minimum atomic E-state index is -5.19. The summed E-state index contributed by atoms with van der Waals surface area (Å²) in [5.41, 5.74) is -0.289. The molecule has 4 rings (SSSR count). The molecule has 38 heavy (non-hydrogen) atoms. The number of hydrogen-bond acceptors (Lipinski definition) is 3. The predicted octanol–water partition coefficient (Wildman–Crippen LogP) is 2.84. The smallest absolute Gasteiger partial charge is 0.430 e. The zero-order valence-electron chi connectivity index (χ0n) is 18.6. The Balaban J connectivity index is 0.000000505. The van der Waals surface area contributed by atoms with E-state index in [4.69, 9.17) is 9.90 Å². The van der Waals surface area contributed by atoms with Gasteiger partial charge in [-0.2, -0.15) is 30.7 Å². The van der Waals surface area contributed by atoms with Crippen LogP contribution in [0.5, 0.6) is 0 Å². The second-order valence-electron chi connectivity index (χ2n) is 7.48. The molecule has 0 fully saturated rings. The third-order valence-electron chi connectivity index (χ3n) is 4.89. The normalized spacial score (nSPS) is 12.4. The maximum absolute atomic E-state index is 14.3. The van der Waals surface area contributed by atoms with Crippen molar-refractivity contribution in [1.29, 1.82) is 0 Å². The Morgan fingerprint density at radius 3 is 2.18 bits per heavy atom. The first-order valence-electron chi connectivity index (χ1n) is 10.3. The Hall–Kier alpha value is -4.56. The van der Waals surface area contributed by atoms with Crippen LogP contribution < -0.4 is 19.8 Å². The van der Waals surface area contributed by atoms with Gasteiger partial charge >= 0.3 is 12.4 Å². The summed E-state index contributed by atoms with van der Waals surface area (Å²) < 4.78 is 101. The van der Waals surface area contributed by atoms with Crippen molar-refractivity contribution >= 4 is 17.4 Å². The number of halogens is 8. The number of rotatable bonds is 4. The zero-order chi connectivity index (χ0) is 28.3. The summed E-state index contributed by atoms with van der Waals surface area (Å²) in [6.45, 7) is 0. The van der Waals surface area contributed by atoms with Gasteiger partial charge in [0.25, 0.3) is 11.7 Å². The van der Waals surface area contributed by atoms with E-state index in [1.54, 1.807) is 12.1 Å². The lowest BCUT2D eigenvalue weighted by Crippen LogP contribution is -2.41. The number of carbonyl (C=O) groups excluding carboxylic acids is 2. The van der Waals surface area contributed by atoms with Crippen LogP contribution in [0.25, 0.3) is 16.9 Å². The summed E-state index contributed by atoms with van der Waals surface area (Å²) in [6.07, 6.45) is -7.14. The summed E-state index contributed by atoms with van der Waals surface area (Å²) in [4.78, 5) is 26.8. The molecule has 0 bridgehead atoms. The maximum atomic E-state index is 14.3. The highest BCUT2D eigenvalue weighted by atomic mass is 19.4. The third kappa shape index (κ3) is 6.41. The van der Waals surface area contributed by atoms with E-state index in [1.165, 1.54) is 47.1 Å². The number of aliphatic carboxylic acids is 1. The number of nitrogens with zero attached hydrogens (tertiary/aromatic N) is 1. The second-order valence-corrected chi connectivity index (χ2v) is 7.48. The molecule has 1 atom stereocenters. The molecule has 0 aliphatic carbocycles. The number of carboxylic acids is 1. The molecule has 0 radical (unpaired) electrons. The van der Waals surface area contributed by atoms with Gasteiger partial charge in [-0.25, -0.2) is 18.7 Å². The Kier molecular flexibility index (Phi) is 7.98. The number of hydrogen-bond donors (Lipinski definition) is 2. The van der Waals surface area contributed by atoms with E-state index < -0.39 is 41.9 Å². The van der Waals surface area contributed by atoms with Crippen LogP contribution in [0.4, 0.5) is 35.1 Å². The topological polar surface area (TPSA) is 103 Å². The van der Waals surface area contributed by atoms with Crippen LogP contribution in [0.1, 0.15) is 22.2 Å². The summed E-state index contributed by atoms with van der Waals surface area (Å²) in [5, 5.41) is 10.8. The van der Waals surface area contributed by atoms with Gasteiger partial charge in [0.05, 0.1) is 6.20 Å². The average Bonchev–Trinajstić information content (AvgIpc) is 3.22. The van der Waals surface area contributed by atoms with Gasteiger partial charge in [-0.1, -0.05) is 12.1 Å². The molecule has 1 amide bonds. The number of H-pyrrole nitrogens is 2. The van der Waals surface area contributed by atoms with Crippen LogP contribution in [0.15, 0.2) is 67.0 Å². The van der Waals surface area contributed by atoms with E-state index in [-0.39, 0.29) is 28.3 Å². The summed E-state index contributed by atoms with van der Waals surface area (Å²) in [5.74, 6) is -5.65. The summed E-state index contributed by atoms with van der Waals surface area (Å²) >= 11 is 0. The van der Waals surface area contributed by atoms with Crippen LogP contribution in [-0.2, 0) is 4.79 Å². The molecule has 3 aromatic heterocycles. The lowest BCUT2D eigenvalue weighted by atomic mass is 10.1. The standard InChI is InChI=1S/C21H13F5N4O.C2HF3O2/c22-12-7-8-13(14(23)11-12)19-28-17(16-6-2-4-10-30(16)19)20(31)29-18(21(24,25)26)15-5-1-3-9-27-15;3-2(4,5)1(6)7/h1-11,18H,(H,29,31);(H,6,7)/p+1. The zero-order valence-corrected chi connectivity index (χ0v) is 18.6. The van der Waals surface area contributed by atoms with Crippen molar-refractivity contribution in [2.75, 3.05) is 0 Å². The van der Waals surface area contributed by atoms with E-state index in [9.17, 15) is 39.9 Å². The van der Waals surface area contributed by atoms with E-state index >= 15 is 0 Å². The molecule has 7 nitrogen and oxygen atoms in total. The lowest BCUT2D eigenvalue weighted by molar-refractivity contribution is -0.498. The van der Waals surface area contributed by atoms with Gasteiger partial charge in [0.1, 0.15) is 23.2 Å². The molecule has 0 saturated heterocycles. The number of carboxylic acid groups (broad SMARTS) is 1. The number of alkyl halides is 6. The summed E-state index contributed by atoms with van der Waals surface area (Å²) in [6, 6.07) is 9.40. The van der Waals surface area contributed by atoms with Crippen molar-refractivity contribution < 1.29 is 59.2 Å². The SMILES string of the molecule is O=C(NC(c1cccc[nH+]1)C(F)(F)F)c1[nH]c(-c2ccc(F)cc2F)[n+]2ccccc12.O=C([O-])C(F)(F)F. The Morgan fingerprint density at radius 2 is 1.63 bits per heavy atom. The lowest BCUT2D eigenvalue weighted by Gasteiger charge is -2.17. The molecule has 1 aromatic carbocycles. The number of pyridine rings is 2. The number of carbonyl (C=O) groups is 2. The van der Waals surface area contributed by atoms with Crippen LogP contribution in [-0.4, -0.2) is 29.2 Å². The van der Waals surface area contributed by atoms with Crippen molar-refractivity contribution in [3.63, 3.8) is 0 Å². The number of imidazole rings is 1. The highest BCUT2D eigenvalue weighted by Gasteiger charge is 2.46. The fourth-order valence-corrected chi connectivity index (χ4v) is 3.26. The van der Waals surface area contributed by atoms with Crippen molar-refractivity contribution in [3.05, 3.63) is 90.0 Å². The first-order chi connectivity index (χ1) is 17.7.